The third-order valence-corrected chi connectivity index (χ3v) is 0.889. The number of aliphatic imine (C=N–C) groups is 1. The normalized spacial score (nSPS) is 7.00. The molecule has 58 valence electrons. The van der Waals surface area contributed by atoms with Crippen LogP contribution in [0.25, 0.3) is 0 Å². The summed E-state index contributed by atoms with van der Waals surface area (Å²) in [5.41, 5.74) is 0. The number of isocyanates is 1. The Kier molecular flexibility index (Phi) is 7.51. The molecule has 0 aromatic heterocycles. The maximum Gasteiger partial charge on any atom is 0.234 e. The van der Waals surface area contributed by atoms with Gasteiger partial charge in [0.1, 0.15) is 0 Å². The Labute approximate surface area is 66.6 Å². The van der Waals surface area contributed by atoms with Crippen LogP contribution in [-0.2, 0) is 4.79 Å². The first-order valence-electron chi connectivity index (χ1n) is 3.45. The Hall–Kier alpha value is -1.40. The van der Waals surface area contributed by atoms with E-state index in [1.807, 2.05) is 36.4 Å². The average Bonchev–Trinajstić information content (AvgIpc) is 2.10. The summed E-state index contributed by atoms with van der Waals surface area (Å²) in [4.78, 5) is 12.3. The maximum absolute atomic E-state index is 9.11. The molecule has 2 nitrogen and oxygen atoms in total. The predicted molar refractivity (Wildman–Crippen MR) is 45.1 cm³/mol. The maximum atomic E-state index is 9.11. The van der Waals surface area contributed by atoms with Gasteiger partial charge in [0.15, 0.2) is 0 Å². The molecule has 0 saturated heterocycles. The summed E-state index contributed by atoms with van der Waals surface area (Å²) in [6, 6.07) is 12.0. The lowest BCUT2D eigenvalue weighted by Crippen LogP contribution is -1.58. The summed E-state index contributed by atoms with van der Waals surface area (Å²) in [6.07, 6.45) is 1.39. The number of hydrogen-bond acceptors (Lipinski definition) is 2. The van der Waals surface area contributed by atoms with Crippen molar-refractivity contribution < 1.29 is 4.79 Å². The highest BCUT2D eigenvalue weighted by Crippen LogP contribution is 1.79. The van der Waals surface area contributed by atoms with Crippen LogP contribution >= 0.6 is 0 Å². The van der Waals surface area contributed by atoms with Gasteiger partial charge in [-0.3, -0.25) is 0 Å². The van der Waals surface area contributed by atoms with Gasteiger partial charge in [-0.15, -0.1) is 0 Å². The highest BCUT2D eigenvalue weighted by Gasteiger charge is 1.57. The van der Waals surface area contributed by atoms with Gasteiger partial charge in [-0.2, -0.15) is 0 Å². The summed E-state index contributed by atoms with van der Waals surface area (Å²) in [7, 11) is 0. The van der Waals surface area contributed by atoms with Crippen molar-refractivity contribution in [1.82, 2.24) is 0 Å². The number of nitrogens with zero attached hydrogens (tertiary/aromatic N) is 1. The van der Waals surface area contributed by atoms with Crippen LogP contribution in [0, 0.1) is 0 Å². The SMILES string of the molecule is CCN=C=O.c1ccccc1. The standard InChI is InChI=1S/C6H6.C3H5NO/c1-2-4-6-5-3-1;1-2-4-3-5/h1-6H;2H2,1H3. The van der Waals surface area contributed by atoms with Crippen LogP contribution in [0.3, 0.4) is 0 Å². The van der Waals surface area contributed by atoms with Crippen LogP contribution in [0.15, 0.2) is 41.4 Å². The van der Waals surface area contributed by atoms with Crippen LogP contribution < -0.4 is 0 Å². The molecule has 1 aromatic rings. The Balaban J connectivity index is 0.000000187. The van der Waals surface area contributed by atoms with E-state index in [1.54, 1.807) is 6.92 Å². The number of hydrogen-bond donors (Lipinski definition) is 0. The minimum absolute atomic E-state index is 0.545. The van der Waals surface area contributed by atoms with Crippen molar-refractivity contribution in [3.05, 3.63) is 36.4 Å². The second-order valence-corrected chi connectivity index (χ2v) is 1.72. The zero-order valence-electron chi connectivity index (χ0n) is 6.53. The van der Waals surface area contributed by atoms with Gasteiger partial charge >= 0.3 is 0 Å². The molecule has 0 bridgehead atoms. The lowest BCUT2D eigenvalue weighted by molar-refractivity contribution is 0.563. The molecule has 1 aromatic carbocycles. The molecule has 0 unspecified atom stereocenters. The van der Waals surface area contributed by atoms with Gasteiger partial charge < -0.3 is 0 Å². The number of benzene rings is 1. The fourth-order valence-corrected chi connectivity index (χ4v) is 0.449. The molecule has 0 heterocycles. The Morgan fingerprint density at radius 2 is 1.45 bits per heavy atom. The lowest BCUT2D eigenvalue weighted by atomic mass is 10.4. The number of rotatable bonds is 1. The summed E-state index contributed by atoms with van der Waals surface area (Å²) >= 11 is 0. The van der Waals surface area contributed by atoms with Crippen LogP contribution in [0.2, 0.25) is 0 Å². The Bertz CT molecular complexity index is 175. The summed E-state index contributed by atoms with van der Waals surface area (Å²) < 4.78 is 0. The van der Waals surface area contributed by atoms with Crippen LogP contribution in [0.4, 0.5) is 0 Å². The van der Waals surface area contributed by atoms with E-state index in [0.717, 1.165) is 0 Å². The van der Waals surface area contributed by atoms with E-state index in [-0.39, 0.29) is 0 Å². The molecular formula is C9H11NO. The molecule has 11 heavy (non-hydrogen) atoms. The van der Waals surface area contributed by atoms with E-state index in [1.165, 1.54) is 6.08 Å². The second-order valence-electron chi connectivity index (χ2n) is 1.72. The zero-order chi connectivity index (χ0) is 8.36. The molecule has 2 heteroatoms. The van der Waals surface area contributed by atoms with E-state index in [2.05, 4.69) is 4.99 Å². The highest BCUT2D eigenvalue weighted by molar-refractivity contribution is 5.32. The molecule has 0 atom stereocenters. The summed E-state index contributed by atoms with van der Waals surface area (Å²) in [6.45, 7) is 2.33. The van der Waals surface area contributed by atoms with Gasteiger partial charge in [-0.05, 0) is 6.92 Å². The first-order chi connectivity index (χ1) is 5.41. The van der Waals surface area contributed by atoms with Crippen molar-refractivity contribution in [2.45, 2.75) is 6.92 Å². The van der Waals surface area contributed by atoms with Gasteiger partial charge in [0.05, 0.1) is 0 Å². The first kappa shape index (κ1) is 9.60. The van der Waals surface area contributed by atoms with E-state index in [9.17, 15) is 0 Å². The van der Waals surface area contributed by atoms with Crippen molar-refractivity contribution >= 4 is 6.08 Å². The summed E-state index contributed by atoms with van der Waals surface area (Å²) in [5.74, 6) is 0. The molecule has 0 N–H and O–H groups in total. The topological polar surface area (TPSA) is 29.4 Å². The molecule has 0 aliphatic carbocycles. The second kappa shape index (κ2) is 8.60. The first-order valence-corrected chi connectivity index (χ1v) is 3.45. The molecule has 1 rings (SSSR count). The van der Waals surface area contributed by atoms with Crippen LogP contribution in [0.1, 0.15) is 6.92 Å². The van der Waals surface area contributed by atoms with Gasteiger partial charge in [-0.25, -0.2) is 9.79 Å². The van der Waals surface area contributed by atoms with E-state index in [0.29, 0.717) is 6.54 Å². The van der Waals surface area contributed by atoms with Gasteiger partial charge in [0.2, 0.25) is 6.08 Å². The van der Waals surface area contributed by atoms with Crippen LogP contribution in [0.5, 0.6) is 0 Å². The van der Waals surface area contributed by atoms with Crippen molar-refractivity contribution in [2.24, 2.45) is 4.99 Å². The smallest absolute Gasteiger partial charge is 0.211 e. The molecule has 0 fully saturated rings. The van der Waals surface area contributed by atoms with E-state index >= 15 is 0 Å². The van der Waals surface area contributed by atoms with Crippen molar-refractivity contribution in [1.29, 1.82) is 0 Å². The molecule has 0 spiro atoms. The average molecular weight is 149 g/mol. The molecule has 0 aliphatic heterocycles. The molecular weight excluding hydrogens is 138 g/mol. The molecule has 0 saturated carbocycles. The summed E-state index contributed by atoms with van der Waals surface area (Å²) in [5, 5.41) is 0. The zero-order valence-corrected chi connectivity index (χ0v) is 6.53. The fourth-order valence-electron chi connectivity index (χ4n) is 0.449. The fraction of sp³-hybridized carbons (Fsp3) is 0.222. The highest BCUT2D eigenvalue weighted by atomic mass is 16.1. The molecule has 0 aliphatic rings. The van der Waals surface area contributed by atoms with Gasteiger partial charge in [-0.1, -0.05) is 36.4 Å². The van der Waals surface area contributed by atoms with Crippen molar-refractivity contribution in [2.75, 3.05) is 6.54 Å². The van der Waals surface area contributed by atoms with Crippen LogP contribution in [-0.4, -0.2) is 12.6 Å². The predicted octanol–water partition coefficient (Wildman–Crippen LogP) is 2.03. The third-order valence-electron chi connectivity index (χ3n) is 0.889. The van der Waals surface area contributed by atoms with Crippen molar-refractivity contribution in [3.8, 4) is 0 Å². The molecule has 0 amide bonds. The lowest BCUT2D eigenvalue weighted by Gasteiger charge is -1.69. The monoisotopic (exact) mass is 149 g/mol. The largest absolute Gasteiger partial charge is 0.234 e. The minimum atomic E-state index is 0.545. The van der Waals surface area contributed by atoms with E-state index in [4.69, 9.17) is 4.79 Å². The van der Waals surface area contributed by atoms with Gasteiger partial charge in [0, 0.05) is 6.54 Å². The minimum Gasteiger partial charge on any atom is -0.211 e. The quantitative estimate of drug-likeness (QED) is 0.443. The van der Waals surface area contributed by atoms with E-state index < -0.39 is 0 Å². The Morgan fingerprint density at radius 3 is 1.55 bits per heavy atom. The number of carbonyl (C=O) groups excluding carboxylic acids is 1. The van der Waals surface area contributed by atoms with Crippen molar-refractivity contribution in [3.63, 3.8) is 0 Å². The molecule has 0 radical (unpaired) electrons. The third kappa shape index (κ3) is 8.60. The van der Waals surface area contributed by atoms with Gasteiger partial charge in [0.25, 0.3) is 0 Å². The Morgan fingerprint density at radius 1 is 1.09 bits per heavy atom.